The molecule has 3 unspecified atom stereocenters. The van der Waals surface area contributed by atoms with E-state index in [1.54, 1.807) is 0 Å². The summed E-state index contributed by atoms with van der Waals surface area (Å²) in [6.07, 6.45) is 2.50. The van der Waals surface area contributed by atoms with Crippen LogP contribution in [0.5, 0.6) is 0 Å². The van der Waals surface area contributed by atoms with Crippen molar-refractivity contribution in [3.05, 3.63) is 30.1 Å². The van der Waals surface area contributed by atoms with Crippen LogP contribution in [-0.2, 0) is 17.7 Å². The quantitative estimate of drug-likeness (QED) is 0.920. The van der Waals surface area contributed by atoms with Gasteiger partial charge in [0.1, 0.15) is 5.82 Å². The zero-order valence-corrected chi connectivity index (χ0v) is 12.8. The average Bonchev–Trinajstić information content (AvgIpc) is 3.04. The number of fused-ring (bicyclic) bond motifs is 1. The lowest BCUT2D eigenvalue weighted by Gasteiger charge is -2.17. The lowest BCUT2D eigenvalue weighted by atomic mass is 9.97. The standard InChI is InChI=1S/C17H24N2O2/c1-3-8-19-15-7-5-4-6-14(15)18-17(19)10-16(20)13-9-12(2)21-11-13/h4-7,12-13,16,20H,3,8-11H2,1-2H3. The van der Waals surface area contributed by atoms with Crippen molar-refractivity contribution in [1.82, 2.24) is 9.55 Å². The Balaban J connectivity index is 1.84. The summed E-state index contributed by atoms with van der Waals surface area (Å²) >= 11 is 0. The van der Waals surface area contributed by atoms with Gasteiger partial charge in [-0.05, 0) is 31.9 Å². The molecule has 0 bridgehead atoms. The molecule has 2 aromatic rings. The van der Waals surface area contributed by atoms with E-state index in [2.05, 4.69) is 24.5 Å². The van der Waals surface area contributed by atoms with Gasteiger partial charge >= 0.3 is 0 Å². The van der Waals surface area contributed by atoms with E-state index in [1.807, 2.05) is 18.2 Å². The van der Waals surface area contributed by atoms with Crippen molar-refractivity contribution in [1.29, 1.82) is 0 Å². The average molecular weight is 288 g/mol. The van der Waals surface area contributed by atoms with Crippen LogP contribution in [0.15, 0.2) is 24.3 Å². The molecule has 1 aromatic heterocycles. The molecule has 0 radical (unpaired) electrons. The Bertz CT molecular complexity index is 608. The smallest absolute Gasteiger partial charge is 0.112 e. The van der Waals surface area contributed by atoms with Crippen molar-refractivity contribution < 1.29 is 9.84 Å². The lowest BCUT2D eigenvalue weighted by molar-refractivity contribution is 0.0792. The van der Waals surface area contributed by atoms with Crippen molar-refractivity contribution in [2.75, 3.05) is 6.61 Å². The number of rotatable bonds is 5. The molecule has 4 heteroatoms. The first kappa shape index (κ1) is 14.5. The Labute approximate surface area is 125 Å². The minimum atomic E-state index is -0.373. The number of imidazole rings is 1. The maximum atomic E-state index is 10.5. The minimum absolute atomic E-state index is 0.231. The molecule has 2 heterocycles. The van der Waals surface area contributed by atoms with Crippen LogP contribution in [0.1, 0.15) is 32.5 Å². The maximum Gasteiger partial charge on any atom is 0.112 e. The molecule has 0 aliphatic carbocycles. The Morgan fingerprint density at radius 2 is 2.24 bits per heavy atom. The number of nitrogens with zero attached hydrogens (tertiary/aromatic N) is 2. The Morgan fingerprint density at radius 1 is 1.43 bits per heavy atom. The number of aryl methyl sites for hydroxylation is 1. The molecule has 1 fully saturated rings. The van der Waals surface area contributed by atoms with Gasteiger partial charge in [-0.15, -0.1) is 0 Å². The molecule has 21 heavy (non-hydrogen) atoms. The van der Waals surface area contributed by atoms with E-state index >= 15 is 0 Å². The number of aliphatic hydroxyl groups excluding tert-OH is 1. The van der Waals surface area contributed by atoms with Gasteiger partial charge in [0, 0.05) is 18.9 Å². The lowest BCUT2D eigenvalue weighted by Crippen LogP contribution is -2.25. The van der Waals surface area contributed by atoms with Gasteiger partial charge in [0.25, 0.3) is 0 Å². The SMILES string of the molecule is CCCn1c(CC(O)C2COC(C)C2)nc2ccccc21. The predicted octanol–water partition coefficient (Wildman–Crippen LogP) is 2.77. The van der Waals surface area contributed by atoms with Crippen LogP contribution < -0.4 is 0 Å². The monoisotopic (exact) mass is 288 g/mol. The van der Waals surface area contributed by atoms with Crippen LogP contribution in [-0.4, -0.2) is 33.5 Å². The zero-order chi connectivity index (χ0) is 14.8. The van der Waals surface area contributed by atoms with Crippen LogP contribution in [0.25, 0.3) is 11.0 Å². The minimum Gasteiger partial charge on any atom is -0.392 e. The van der Waals surface area contributed by atoms with Gasteiger partial charge in [0.05, 0.1) is 29.8 Å². The van der Waals surface area contributed by atoms with Crippen LogP contribution in [0, 0.1) is 5.92 Å². The van der Waals surface area contributed by atoms with Gasteiger partial charge in [-0.25, -0.2) is 4.98 Å². The summed E-state index contributed by atoms with van der Waals surface area (Å²) in [6, 6.07) is 8.20. The van der Waals surface area contributed by atoms with Gasteiger partial charge in [-0.3, -0.25) is 0 Å². The third-order valence-corrected chi connectivity index (χ3v) is 4.35. The molecule has 1 aromatic carbocycles. The summed E-state index contributed by atoms with van der Waals surface area (Å²) in [5.41, 5.74) is 2.18. The topological polar surface area (TPSA) is 47.3 Å². The number of ether oxygens (including phenoxy) is 1. The molecule has 1 saturated heterocycles. The summed E-state index contributed by atoms with van der Waals surface area (Å²) in [5.74, 6) is 1.22. The fourth-order valence-corrected chi connectivity index (χ4v) is 3.23. The van der Waals surface area contributed by atoms with E-state index in [0.717, 1.165) is 36.2 Å². The van der Waals surface area contributed by atoms with E-state index in [1.165, 1.54) is 0 Å². The number of para-hydroxylation sites is 2. The van der Waals surface area contributed by atoms with Gasteiger partial charge in [-0.2, -0.15) is 0 Å². The van der Waals surface area contributed by atoms with Gasteiger partial charge in [-0.1, -0.05) is 19.1 Å². The Kier molecular flexibility index (Phi) is 4.27. The first-order valence-electron chi connectivity index (χ1n) is 7.92. The molecule has 3 atom stereocenters. The number of aromatic nitrogens is 2. The highest BCUT2D eigenvalue weighted by Gasteiger charge is 2.29. The molecule has 3 rings (SSSR count). The van der Waals surface area contributed by atoms with E-state index < -0.39 is 0 Å². The molecule has 1 aliphatic rings. The maximum absolute atomic E-state index is 10.5. The molecule has 1 N–H and O–H groups in total. The van der Waals surface area contributed by atoms with Crippen molar-refractivity contribution in [3.8, 4) is 0 Å². The highest BCUT2D eigenvalue weighted by Crippen LogP contribution is 2.25. The second kappa shape index (κ2) is 6.16. The van der Waals surface area contributed by atoms with Crippen molar-refractivity contribution in [2.45, 2.75) is 51.9 Å². The zero-order valence-electron chi connectivity index (χ0n) is 12.8. The first-order chi connectivity index (χ1) is 10.2. The first-order valence-corrected chi connectivity index (χ1v) is 7.92. The number of hydrogen-bond acceptors (Lipinski definition) is 3. The van der Waals surface area contributed by atoms with Gasteiger partial charge < -0.3 is 14.4 Å². The van der Waals surface area contributed by atoms with Crippen molar-refractivity contribution in [3.63, 3.8) is 0 Å². The molecule has 0 spiro atoms. The van der Waals surface area contributed by atoms with Gasteiger partial charge in [0.2, 0.25) is 0 Å². The molecule has 114 valence electrons. The second-order valence-electron chi connectivity index (χ2n) is 6.08. The normalized spacial score (nSPS) is 23.8. The van der Waals surface area contributed by atoms with Gasteiger partial charge in [0.15, 0.2) is 0 Å². The summed E-state index contributed by atoms with van der Waals surface area (Å²) in [4.78, 5) is 4.72. The molecule has 1 aliphatic heterocycles. The van der Waals surface area contributed by atoms with E-state index in [-0.39, 0.29) is 18.1 Å². The van der Waals surface area contributed by atoms with E-state index in [0.29, 0.717) is 13.0 Å². The highest BCUT2D eigenvalue weighted by atomic mass is 16.5. The summed E-state index contributed by atoms with van der Waals surface area (Å²) < 4.78 is 7.82. The van der Waals surface area contributed by atoms with Crippen molar-refractivity contribution >= 4 is 11.0 Å². The number of aliphatic hydroxyl groups is 1. The largest absolute Gasteiger partial charge is 0.392 e. The van der Waals surface area contributed by atoms with Crippen LogP contribution in [0.4, 0.5) is 0 Å². The van der Waals surface area contributed by atoms with E-state index in [9.17, 15) is 5.11 Å². The number of benzene rings is 1. The summed E-state index contributed by atoms with van der Waals surface area (Å²) in [5, 5.41) is 10.5. The van der Waals surface area contributed by atoms with Crippen LogP contribution >= 0.6 is 0 Å². The molecule has 4 nitrogen and oxygen atoms in total. The fourth-order valence-electron chi connectivity index (χ4n) is 3.23. The summed E-state index contributed by atoms with van der Waals surface area (Å²) in [7, 11) is 0. The molecule has 0 saturated carbocycles. The number of hydrogen-bond donors (Lipinski definition) is 1. The van der Waals surface area contributed by atoms with Crippen LogP contribution in [0.2, 0.25) is 0 Å². The predicted molar refractivity (Wildman–Crippen MR) is 83.3 cm³/mol. The third-order valence-electron chi connectivity index (χ3n) is 4.35. The summed E-state index contributed by atoms with van der Waals surface area (Å²) in [6.45, 7) is 5.84. The molecule has 0 amide bonds. The van der Waals surface area contributed by atoms with E-state index in [4.69, 9.17) is 9.72 Å². The van der Waals surface area contributed by atoms with Crippen molar-refractivity contribution in [2.24, 2.45) is 5.92 Å². The fraction of sp³-hybridized carbons (Fsp3) is 0.588. The molecular weight excluding hydrogens is 264 g/mol. The Hall–Kier alpha value is -1.39. The second-order valence-corrected chi connectivity index (χ2v) is 6.08. The highest BCUT2D eigenvalue weighted by molar-refractivity contribution is 5.75. The Morgan fingerprint density at radius 3 is 2.95 bits per heavy atom. The third kappa shape index (κ3) is 2.97. The molecular formula is C17H24N2O2. The van der Waals surface area contributed by atoms with Crippen LogP contribution in [0.3, 0.4) is 0 Å².